The minimum absolute atomic E-state index is 0.136. The van der Waals surface area contributed by atoms with E-state index in [-0.39, 0.29) is 18.1 Å². The van der Waals surface area contributed by atoms with Gasteiger partial charge in [0.1, 0.15) is 6.54 Å². The average molecular weight is 368 g/mol. The summed E-state index contributed by atoms with van der Waals surface area (Å²) in [6, 6.07) is 7.92. The first kappa shape index (κ1) is 18.6. The number of benzene rings is 1. The number of hydrogen-bond acceptors (Lipinski definition) is 5. The van der Waals surface area contributed by atoms with Gasteiger partial charge >= 0.3 is 5.69 Å². The van der Waals surface area contributed by atoms with Crippen molar-refractivity contribution in [1.29, 1.82) is 0 Å². The third kappa shape index (κ3) is 4.16. The van der Waals surface area contributed by atoms with Gasteiger partial charge in [-0.3, -0.25) is 4.79 Å². The molecule has 0 atom stereocenters. The normalized spacial score (nSPS) is 10.9. The van der Waals surface area contributed by atoms with Crippen LogP contribution in [-0.4, -0.2) is 38.7 Å². The lowest BCUT2D eigenvalue weighted by atomic mass is 10.1. The summed E-state index contributed by atoms with van der Waals surface area (Å²) in [5.74, 6) is 0.354. The molecule has 0 spiro atoms. The highest BCUT2D eigenvalue weighted by Gasteiger charge is 2.16. The van der Waals surface area contributed by atoms with Gasteiger partial charge in [0.2, 0.25) is 11.6 Å². The van der Waals surface area contributed by atoms with Gasteiger partial charge in [-0.2, -0.15) is 0 Å². The lowest BCUT2D eigenvalue weighted by molar-refractivity contribution is -0.122. The van der Waals surface area contributed by atoms with E-state index in [9.17, 15) is 9.59 Å². The fraction of sp³-hybridized carbons (Fsp3) is 0.368. The zero-order chi connectivity index (χ0) is 19.4. The summed E-state index contributed by atoms with van der Waals surface area (Å²) in [7, 11) is 1.91. The highest BCUT2D eigenvalue weighted by atomic mass is 16.2. The maximum absolute atomic E-state index is 12.5. The SMILES string of the molecule is CCCN(C)c1nccn2c(=O)n(CC(=O)NCc3ccc(C)cc3)nc12. The molecule has 0 radical (unpaired) electrons. The van der Waals surface area contributed by atoms with E-state index in [4.69, 9.17) is 0 Å². The van der Waals surface area contributed by atoms with Gasteiger partial charge in [-0.1, -0.05) is 36.8 Å². The van der Waals surface area contributed by atoms with E-state index in [2.05, 4.69) is 22.3 Å². The Morgan fingerprint density at radius 2 is 2.00 bits per heavy atom. The van der Waals surface area contributed by atoms with Crippen molar-refractivity contribution in [3.05, 3.63) is 58.3 Å². The van der Waals surface area contributed by atoms with Crippen LogP contribution in [-0.2, 0) is 17.9 Å². The van der Waals surface area contributed by atoms with Crippen LogP contribution in [0.25, 0.3) is 5.65 Å². The number of rotatable bonds is 7. The summed E-state index contributed by atoms with van der Waals surface area (Å²) in [5, 5.41) is 7.15. The molecule has 27 heavy (non-hydrogen) atoms. The summed E-state index contributed by atoms with van der Waals surface area (Å²) in [6.07, 6.45) is 4.08. The Hall–Kier alpha value is -3.16. The smallest absolute Gasteiger partial charge is 0.350 e. The number of carbonyl (C=O) groups excluding carboxylic acids is 1. The van der Waals surface area contributed by atoms with Crippen molar-refractivity contribution in [2.75, 3.05) is 18.5 Å². The molecule has 1 amide bonds. The van der Waals surface area contributed by atoms with E-state index in [1.165, 1.54) is 14.6 Å². The number of anilines is 1. The zero-order valence-electron chi connectivity index (χ0n) is 15.8. The van der Waals surface area contributed by atoms with Gasteiger partial charge in [0, 0.05) is 32.5 Å². The highest BCUT2D eigenvalue weighted by molar-refractivity contribution is 5.75. The van der Waals surface area contributed by atoms with Crippen molar-refractivity contribution in [1.82, 2.24) is 24.5 Å². The molecular formula is C19H24N6O2. The molecule has 0 aliphatic rings. The average Bonchev–Trinajstić information content (AvgIpc) is 2.97. The Balaban J connectivity index is 1.75. The fourth-order valence-electron chi connectivity index (χ4n) is 2.85. The molecule has 0 aliphatic carbocycles. The topological polar surface area (TPSA) is 84.5 Å². The Kier molecular flexibility index (Phi) is 5.54. The zero-order valence-corrected chi connectivity index (χ0v) is 15.8. The molecule has 0 aliphatic heterocycles. The van der Waals surface area contributed by atoms with Crippen LogP contribution in [0.4, 0.5) is 5.82 Å². The van der Waals surface area contributed by atoms with Crippen molar-refractivity contribution in [3.8, 4) is 0 Å². The van der Waals surface area contributed by atoms with Gasteiger partial charge in [0.15, 0.2) is 5.82 Å². The first-order valence-electron chi connectivity index (χ1n) is 8.97. The number of nitrogens with one attached hydrogen (secondary N) is 1. The minimum atomic E-state index is -0.357. The van der Waals surface area contributed by atoms with Crippen molar-refractivity contribution in [2.24, 2.45) is 0 Å². The van der Waals surface area contributed by atoms with Gasteiger partial charge in [-0.05, 0) is 18.9 Å². The van der Waals surface area contributed by atoms with E-state index >= 15 is 0 Å². The second kappa shape index (κ2) is 8.03. The van der Waals surface area contributed by atoms with Gasteiger partial charge < -0.3 is 10.2 Å². The van der Waals surface area contributed by atoms with Crippen LogP contribution in [0.15, 0.2) is 41.5 Å². The number of nitrogens with zero attached hydrogens (tertiary/aromatic N) is 5. The van der Waals surface area contributed by atoms with E-state index in [0.29, 0.717) is 18.0 Å². The van der Waals surface area contributed by atoms with Gasteiger partial charge in [-0.25, -0.2) is 18.9 Å². The number of aryl methyl sites for hydroxylation is 1. The van der Waals surface area contributed by atoms with Gasteiger partial charge in [-0.15, -0.1) is 5.10 Å². The molecule has 0 bridgehead atoms. The molecule has 0 saturated carbocycles. The molecule has 0 fully saturated rings. The minimum Gasteiger partial charge on any atom is -0.357 e. The maximum atomic E-state index is 12.5. The van der Waals surface area contributed by atoms with Gasteiger partial charge in [0.25, 0.3) is 0 Å². The fourth-order valence-corrected chi connectivity index (χ4v) is 2.85. The predicted molar refractivity (Wildman–Crippen MR) is 104 cm³/mol. The molecular weight excluding hydrogens is 344 g/mol. The number of fused-ring (bicyclic) bond motifs is 1. The predicted octanol–water partition coefficient (Wildman–Crippen LogP) is 1.36. The summed E-state index contributed by atoms with van der Waals surface area (Å²) >= 11 is 0. The van der Waals surface area contributed by atoms with Crippen molar-refractivity contribution in [3.63, 3.8) is 0 Å². The summed E-state index contributed by atoms with van der Waals surface area (Å²) in [6.45, 7) is 5.15. The molecule has 8 nitrogen and oxygen atoms in total. The number of carbonyl (C=O) groups is 1. The molecule has 3 aromatic rings. The highest BCUT2D eigenvalue weighted by Crippen LogP contribution is 2.13. The van der Waals surface area contributed by atoms with Crippen LogP contribution in [0.2, 0.25) is 0 Å². The number of amides is 1. The summed E-state index contributed by atoms with van der Waals surface area (Å²) in [4.78, 5) is 31.1. The second-order valence-corrected chi connectivity index (χ2v) is 6.57. The summed E-state index contributed by atoms with van der Waals surface area (Å²) < 4.78 is 2.59. The van der Waals surface area contributed by atoms with E-state index in [1.54, 1.807) is 12.4 Å². The van der Waals surface area contributed by atoms with Crippen LogP contribution in [0.1, 0.15) is 24.5 Å². The largest absolute Gasteiger partial charge is 0.357 e. The second-order valence-electron chi connectivity index (χ2n) is 6.57. The Bertz CT molecular complexity index is 990. The van der Waals surface area contributed by atoms with Crippen molar-refractivity contribution < 1.29 is 4.79 Å². The molecule has 0 unspecified atom stereocenters. The number of hydrogen-bond donors (Lipinski definition) is 1. The Morgan fingerprint density at radius 3 is 2.70 bits per heavy atom. The molecule has 3 rings (SSSR count). The Morgan fingerprint density at radius 1 is 1.26 bits per heavy atom. The molecule has 2 aromatic heterocycles. The monoisotopic (exact) mass is 368 g/mol. The van der Waals surface area contributed by atoms with Crippen molar-refractivity contribution in [2.45, 2.75) is 33.4 Å². The third-order valence-electron chi connectivity index (χ3n) is 4.31. The number of aromatic nitrogens is 4. The van der Waals surface area contributed by atoms with E-state index in [1.807, 2.05) is 43.1 Å². The van der Waals surface area contributed by atoms with Gasteiger partial charge in [0.05, 0.1) is 0 Å². The van der Waals surface area contributed by atoms with Crippen LogP contribution in [0, 0.1) is 6.92 Å². The lowest BCUT2D eigenvalue weighted by Gasteiger charge is -2.16. The van der Waals surface area contributed by atoms with Crippen molar-refractivity contribution >= 4 is 17.4 Å². The quantitative estimate of drug-likeness (QED) is 0.681. The van der Waals surface area contributed by atoms with E-state index in [0.717, 1.165) is 18.5 Å². The first-order valence-corrected chi connectivity index (χ1v) is 8.97. The van der Waals surface area contributed by atoms with E-state index < -0.39 is 0 Å². The van der Waals surface area contributed by atoms with Crippen LogP contribution in [0.3, 0.4) is 0 Å². The molecule has 1 N–H and O–H groups in total. The van der Waals surface area contributed by atoms with Crippen LogP contribution >= 0.6 is 0 Å². The Labute approximate surface area is 157 Å². The molecule has 0 saturated heterocycles. The molecule has 8 heteroatoms. The van der Waals surface area contributed by atoms with Crippen LogP contribution in [0.5, 0.6) is 0 Å². The standard InChI is InChI=1S/C19H24N6O2/c1-4-10-23(3)17-18-22-25(19(27)24(18)11-9-20-17)13-16(26)21-12-15-7-5-14(2)6-8-15/h5-9,11H,4,10,12-13H2,1-3H3,(H,21,26). The lowest BCUT2D eigenvalue weighted by Crippen LogP contribution is -2.32. The summed E-state index contributed by atoms with van der Waals surface area (Å²) in [5.41, 5.74) is 2.26. The molecule has 2 heterocycles. The maximum Gasteiger partial charge on any atom is 0.350 e. The first-order chi connectivity index (χ1) is 13.0. The molecule has 1 aromatic carbocycles. The third-order valence-corrected chi connectivity index (χ3v) is 4.31. The van der Waals surface area contributed by atoms with Crippen LogP contribution < -0.4 is 15.9 Å². The molecule has 142 valence electrons.